The van der Waals surface area contributed by atoms with E-state index in [1.807, 2.05) is 24.3 Å². The molecular weight excluding hydrogens is 404 g/mol. The first-order chi connectivity index (χ1) is 12.6. The molecule has 1 aliphatic rings. The molecule has 0 radical (unpaired) electrons. The van der Waals surface area contributed by atoms with Gasteiger partial charge in [0.15, 0.2) is 0 Å². The van der Waals surface area contributed by atoms with E-state index in [4.69, 9.17) is 14.2 Å². The third-order valence-corrected chi connectivity index (χ3v) is 4.65. The zero-order chi connectivity index (χ0) is 18.8. The van der Waals surface area contributed by atoms with E-state index in [9.17, 15) is 9.90 Å². The van der Waals surface area contributed by atoms with Gasteiger partial charge in [-0.05, 0) is 35.0 Å². The maximum Gasteiger partial charge on any atom is 0.409 e. The first kappa shape index (κ1) is 21.0. The average Bonchev–Trinajstić information content (AvgIpc) is 2.63. The van der Waals surface area contributed by atoms with Crippen LogP contribution in [0.1, 0.15) is 6.92 Å². The summed E-state index contributed by atoms with van der Waals surface area (Å²) in [6, 6.07) is 7.64. The molecule has 1 aromatic carbocycles. The number of hydrogen-bond acceptors (Lipinski definition) is 6. The maximum atomic E-state index is 11.7. The molecule has 0 aromatic heterocycles. The Morgan fingerprint density at radius 2 is 1.96 bits per heavy atom. The Morgan fingerprint density at radius 1 is 1.23 bits per heavy atom. The molecule has 0 spiro atoms. The van der Waals surface area contributed by atoms with E-state index in [0.29, 0.717) is 39.5 Å². The summed E-state index contributed by atoms with van der Waals surface area (Å²) in [5.41, 5.74) is 0. The van der Waals surface area contributed by atoms with E-state index in [0.717, 1.165) is 23.3 Å². The van der Waals surface area contributed by atoms with Crippen LogP contribution in [0.5, 0.6) is 5.75 Å². The van der Waals surface area contributed by atoms with Crippen molar-refractivity contribution in [2.45, 2.75) is 13.0 Å². The molecule has 0 bridgehead atoms. The number of halogens is 1. The van der Waals surface area contributed by atoms with E-state index >= 15 is 0 Å². The highest BCUT2D eigenvalue weighted by Crippen LogP contribution is 2.23. The number of piperazine rings is 1. The van der Waals surface area contributed by atoms with Crippen molar-refractivity contribution in [3.05, 3.63) is 28.7 Å². The molecule has 146 valence electrons. The fourth-order valence-corrected chi connectivity index (χ4v) is 3.07. The first-order valence-corrected chi connectivity index (χ1v) is 9.66. The van der Waals surface area contributed by atoms with Crippen LogP contribution >= 0.6 is 15.9 Å². The number of ether oxygens (including phenoxy) is 3. The van der Waals surface area contributed by atoms with Crippen LogP contribution in [-0.2, 0) is 9.47 Å². The van der Waals surface area contributed by atoms with Gasteiger partial charge in [0.05, 0.1) is 30.4 Å². The van der Waals surface area contributed by atoms with Gasteiger partial charge >= 0.3 is 6.09 Å². The van der Waals surface area contributed by atoms with Gasteiger partial charge in [-0.2, -0.15) is 0 Å². The lowest BCUT2D eigenvalue weighted by atomic mass is 10.3. The number of amides is 1. The second-order valence-electron chi connectivity index (χ2n) is 5.99. The minimum atomic E-state index is -0.562. The summed E-state index contributed by atoms with van der Waals surface area (Å²) in [7, 11) is 0. The number of rotatable bonds is 9. The molecule has 0 unspecified atom stereocenters. The summed E-state index contributed by atoms with van der Waals surface area (Å²) in [5.74, 6) is 0.774. The number of carbonyl (C=O) groups is 1. The Bertz CT molecular complexity index is 552. The molecular formula is C18H27BrN2O5. The molecule has 26 heavy (non-hydrogen) atoms. The zero-order valence-electron chi connectivity index (χ0n) is 15.1. The number of nitrogens with zero attached hydrogens (tertiary/aromatic N) is 2. The highest BCUT2D eigenvalue weighted by Gasteiger charge is 2.23. The highest BCUT2D eigenvalue weighted by molar-refractivity contribution is 9.10. The fraction of sp³-hybridized carbons (Fsp3) is 0.611. The van der Waals surface area contributed by atoms with E-state index in [1.165, 1.54) is 0 Å². The lowest BCUT2D eigenvalue weighted by Crippen LogP contribution is -2.51. The van der Waals surface area contributed by atoms with E-state index in [1.54, 1.807) is 11.8 Å². The summed E-state index contributed by atoms with van der Waals surface area (Å²) >= 11 is 3.42. The SMILES string of the molecule is CCOC(=O)N1CCN(C[C@@H](O)COCCOc2ccccc2Br)CC1. The van der Waals surface area contributed by atoms with E-state index in [-0.39, 0.29) is 12.7 Å². The van der Waals surface area contributed by atoms with Gasteiger partial charge in [0, 0.05) is 32.7 Å². The molecule has 2 rings (SSSR count). The smallest absolute Gasteiger partial charge is 0.409 e. The second kappa shape index (κ2) is 11.4. The van der Waals surface area contributed by atoms with Crippen molar-refractivity contribution in [1.82, 2.24) is 9.80 Å². The first-order valence-electron chi connectivity index (χ1n) is 8.87. The van der Waals surface area contributed by atoms with Gasteiger partial charge in [-0.15, -0.1) is 0 Å². The van der Waals surface area contributed by atoms with Crippen LogP contribution in [0, 0.1) is 0 Å². The third-order valence-electron chi connectivity index (χ3n) is 4.00. The summed E-state index contributed by atoms with van der Waals surface area (Å²) < 4.78 is 17.0. The third kappa shape index (κ3) is 7.11. The summed E-state index contributed by atoms with van der Waals surface area (Å²) in [6.45, 7) is 6.50. The lowest BCUT2D eigenvalue weighted by Gasteiger charge is -2.34. The van der Waals surface area contributed by atoms with E-state index < -0.39 is 6.10 Å². The van der Waals surface area contributed by atoms with Gasteiger partial charge in [0.25, 0.3) is 0 Å². The molecule has 1 N–H and O–H groups in total. The molecule has 1 saturated heterocycles. The molecule has 0 aliphatic carbocycles. The standard InChI is InChI=1S/C18H27BrN2O5/c1-2-25-18(23)21-9-7-20(8-10-21)13-15(22)14-24-11-12-26-17-6-4-3-5-16(17)19/h3-6,15,22H,2,7-14H2,1H3/t15-/m1/s1. The van der Waals surface area contributed by atoms with Crippen molar-refractivity contribution in [2.75, 3.05) is 59.2 Å². The predicted molar refractivity (Wildman–Crippen MR) is 101 cm³/mol. The van der Waals surface area contributed by atoms with Crippen molar-refractivity contribution in [2.24, 2.45) is 0 Å². The van der Waals surface area contributed by atoms with Gasteiger partial charge in [0.1, 0.15) is 12.4 Å². The van der Waals surface area contributed by atoms with Crippen LogP contribution in [0.15, 0.2) is 28.7 Å². The van der Waals surface area contributed by atoms with Gasteiger partial charge < -0.3 is 24.2 Å². The number of carbonyl (C=O) groups excluding carboxylic acids is 1. The number of aliphatic hydroxyl groups is 1. The minimum Gasteiger partial charge on any atom is -0.490 e. The molecule has 1 heterocycles. The zero-order valence-corrected chi connectivity index (χ0v) is 16.7. The summed E-state index contributed by atoms with van der Waals surface area (Å²) in [6.07, 6.45) is -0.825. The molecule has 1 atom stereocenters. The number of hydrogen-bond donors (Lipinski definition) is 1. The number of benzene rings is 1. The summed E-state index contributed by atoms with van der Waals surface area (Å²) in [4.78, 5) is 15.5. The van der Waals surface area contributed by atoms with Crippen LogP contribution in [0.4, 0.5) is 4.79 Å². The Morgan fingerprint density at radius 3 is 2.65 bits per heavy atom. The van der Waals surface area contributed by atoms with E-state index in [2.05, 4.69) is 20.8 Å². The summed E-state index contributed by atoms with van der Waals surface area (Å²) in [5, 5.41) is 10.1. The van der Waals surface area contributed by atoms with Crippen LogP contribution in [0.25, 0.3) is 0 Å². The van der Waals surface area contributed by atoms with Gasteiger partial charge in [-0.25, -0.2) is 4.79 Å². The molecule has 8 heteroatoms. The molecule has 1 aliphatic heterocycles. The number of aliphatic hydroxyl groups excluding tert-OH is 1. The Balaban J connectivity index is 1.55. The second-order valence-corrected chi connectivity index (χ2v) is 6.85. The van der Waals surface area contributed by atoms with Crippen LogP contribution in [0.3, 0.4) is 0 Å². The van der Waals surface area contributed by atoms with Crippen LogP contribution in [0.2, 0.25) is 0 Å². The van der Waals surface area contributed by atoms with Crippen molar-refractivity contribution < 1.29 is 24.1 Å². The molecule has 0 saturated carbocycles. The largest absolute Gasteiger partial charge is 0.490 e. The number of β-amino-alcohol motifs (C(OH)–C–C–N with tert-alkyl or cyclic N) is 1. The van der Waals surface area contributed by atoms with Gasteiger partial charge in [0.2, 0.25) is 0 Å². The normalized spacial score (nSPS) is 16.3. The van der Waals surface area contributed by atoms with Crippen molar-refractivity contribution >= 4 is 22.0 Å². The van der Waals surface area contributed by atoms with Gasteiger partial charge in [-0.3, -0.25) is 4.90 Å². The van der Waals surface area contributed by atoms with Crippen molar-refractivity contribution in [1.29, 1.82) is 0 Å². The molecule has 1 aromatic rings. The quantitative estimate of drug-likeness (QED) is 0.603. The topological polar surface area (TPSA) is 71.5 Å². The minimum absolute atomic E-state index is 0.261. The molecule has 1 fully saturated rings. The fourth-order valence-electron chi connectivity index (χ4n) is 2.67. The maximum absolute atomic E-state index is 11.7. The highest BCUT2D eigenvalue weighted by atomic mass is 79.9. The van der Waals surface area contributed by atoms with Gasteiger partial charge in [-0.1, -0.05) is 12.1 Å². The Kier molecular flexibility index (Phi) is 9.17. The molecule has 7 nitrogen and oxygen atoms in total. The van der Waals surface area contributed by atoms with Crippen molar-refractivity contribution in [3.63, 3.8) is 0 Å². The van der Waals surface area contributed by atoms with Crippen LogP contribution in [-0.4, -0.2) is 86.3 Å². The number of para-hydroxylation sites is 1. The van der Waals surface area contributed by atoms with Crippen LogP contribution < -0.4 is 4.74 Å². The predicted octanol–water partition coefficient (Wildman–Crippen LogP) is 1.98. The molecule has 1 amide bonds. The Labute approximate surface area is 162 Å². The monoisotopic (exact) mass is 430 g/mol. The Hall–Kier alpha value is -1.35. The average molecular weight is 431 g/mol. The van der Waals surface area contributed by atoms with Crippen molar-refractivity contribution in [3.8, 4) is 5.75 Å². The lowest BCUT2D eigenvalue weighted by molar-refractivity contribution is -0.000140.